The number of fused-ring (bicyclic) bond motifs is 2. The summed E-state index contributed by atoms with van der Waals surface area (Å²) in [6, 6.07) is -0.259. The third kappa shape index (κ3) is 7.54. The van der Waals surface area contributed by atoms with E-state index < -0.39 is 54.6 Å². The Hall–Kier alpha value is -1.50. The van der Waals surface area contributed by atoms with E-state index in [1.165, 1.54) is 6.20 Å². The van der Waals surface area contributed by atoms with Crippen LogP contribution in [0.4, 0.5) is 22.0 Å². The molecule has 0 unspecified atom stereocenters. The van der Waals surface area contributed by atoms with Gasteiger partial charge in [-0.3, -0.25) is 0 Å². The van der Waals surface area contributed by atoms with Gasteiger partial charge in [-0.2, -0.15) is 0 Å². The summed E-state index contributed by atoms with van der Waals surface area (Å²) >= 11 is -3.37. The molecule has 41 heavy (non-hydrogen) atoms. The first kappa shape index (κ1) is 32.4. The van der Waals surface area contributed by atoms with E-state index in [2.05, 4.69) is 40.6 Å². The first-order valence-corrected chi connectivity index (χ1v) is 22.6. The summed E-state index contributed by atoms with van der Waals surface area (Å²) in [5.74, 6) is -0.983. The molecule has 2 saturated heterocycles. The van der Waals surface area contributed by atoms with Gasteiger partial charge in [0.15, 0.2) is 0 Å². The van der Waals surface area contributed by atoms with Crippen LogP contribution in [-0.2, 0) is 0 Å². The molecule has 0 aromatic carbocycles. The molecule has 0 bridgehead atoms. The van der Waals surface area contributed by atoms with Gasteiger partial charge in [-0.1, -0.05) is 0 Å². The molecule has 0 radical (unpaired) electrons. The van der Waals surface area contributed by atoms with Gasteiger partial charge in [-0.05, 0) is 0 Å². The van der Waals surface area contributed by atoms with Gasteiger partial charge < -0.3 is 0 Å². The molecule has 2 aliphatic rings. The number of rotatable bonds is 15. The van der Waals surface area contributed by atoms with Crippen molar-refractivity contribution in [1.29, 1.82) is 0 Å². The van der Waals surface area contributed by atoms with Crippen molar-refractivity contribution in [2.24, 2.45) is 0 Å². The average molecular weight is 693 g/mol. The summed E-state index contributed by atoms with van der Waals surface area (Å²) in [6.45, 7) is 5.95. The summed E-state index contributed by atoms with van der Waals surface area (Å²) < 4.78 is 84.6. The topological polar surface area (TPSA) is 60.4 Å². The van der Waals surface area contributed by atoms with Crippen molar-refractivity contribution >= 4 is 33.0 Å². The van der Waals surface area contributed by atoms with Crippen LogP contribution in [0.3, 0.4) is 0 Å². The Bertz CT molecular complexity index is 1150. The van der Waals surface area contributed by atoms with Crippen LogP contribution >= 0.6 is 0 Å². The molecule has 2 atom stereocenters. The summed E-state index contributed by atoms with van der Waals surface area (Å²) in [6.07, 6.45) is 3.75. The van der Waals surface area contributed by atoms with Crippen molar-refractivity contribution in [3.8, 4) is 11.9 Å². The van der Waals surface area contributed by atoms with E-state index in [1.807, 2.05) is 0 Å². The molecular formula is C29H43F5N4O2Sn. The third-order valence-corrected chi connectivity index (χ3v) is 23.8. The van der Waals surface area contributed by atoms with E-state index in [0.29, 0.717) is 16.7 Å². The van der Waals surface area contributed by atoms with Crippen LogP contribution in [0.1, 0.15) is 78.6 Å². The molecular weight excluding hydrogens is 650 g/mol. The Kier molecular flexibility index (Phi) is 11.0. The van der Waals surface area contributed by atoms with Crippen LogP contribution in [0.2, 0.25) is 13.3 Å². The molecule has 2 aromatic rings. The SMILES string of the molecule is CCC[CH2][Sn]([CH2]CCC)([CH2]CCC)[c]1ncc2c(OCC(F)(F)F)nc(OC[C@@]34CCCN3C[C@H](F)C4)nc2c1F. The Morgan fingerprint density at radius 2 is 1.68 bits per heavy atom. The molecule has 0 saturated carbocycles. The van der Waals surface area contributed by atoms with Crippen LogP contribution in [0.5, 0.6) is 11.9 Å². The fraction of sp³-hybridized carbons (Fsp3) is 0.759. The van der Waals surface area contributed by atoms with Crippen molar-refractivity contribution in [2.75, 3.05) is 26.3 Å². The Morgan fingerprint density at radius 1 is 1.02 bits per heavy atom. The van der Waals surface area contributed by atoms with Crippen LogP contribution in [0.25, 0.3) is 10.9 Å². The zero-order chi connectivity index (χ0) is 29.7. The fourth-order valence-corrected chi connectivity index (χ4v) is 22.3. The van der Waals surface area contributed by atoms with Crippen molar-refractivity contribution < 1.29 is 31.4 Å². The standard InChI is InChI=1S/C17H16F5N4O2.3C4H9.Sn/c18-10-4-16(2-1-3-26(16)7-10)8-28-15-24-13-11(5-23-6-12(13)19)14(25-15)27-9-17(20,21)22;3*1-3-4-2;/h5,10H,1-4,7-9H2;3*1,3-4H2,2H3;/t10-,16+;;;;/m1..../s1. The van der Waals surface area contributed by atoms with Crippen LogP contribution in [0.15, 0.2) is 6.20 Å². The van der Waals surface area contributed by atoms with Crippen LogP contribution in [-0.4, -0.2) is 82.4 Å². The molecule has 0 aliphatic carbocycles. The zero-order valence-electron chi connectivity index (χ0n) is 24.5. The third-order valence-electron chi connectivity index (χ3n) is 8.76. The molecule has 0 spiro atoms. The number of hydrogen-bond acceptors (Lipinski definition) is 6. The van der Waals surface area contributed by atoms with E-state index in [1.54, 1.807) is 0 Å². The first-order chi connectivity index (χ1) is 19.6. The summed E-state index contributed by atoms with van der Waals surface area (Å²) in [5, 5.41) is -0.00476. The minimum atomic E-state index is -4.61. The van der Waals surface area contributed by atoms with E-state index in [9.17, 15) is 17.6 Å². The predicted octanol–water partition coefficient (Wildman–Crippen LogP) is 7.12. The molecule has 12 heteroatoms. The van der Waals surface area contributed by atoms with Gasteiger partial charge in [-0.25, -0.2) is 0 Å². The molecule has 6 nitrogen and oxygen atoms in total. The Labute approximate surface area is 243 Å². The zero-order valence-corrected chi connectivity index (χ0v) is 27.3. The maximum atomic E-state index is 16.6. The van der Waals surface area contributed by atoms with Crippen molar-refractivity contribution in [3.63, 3.8) is 0 Å². The quantitative estimate of drug-likeness (QED) is 0.146. The summed E-state index contributed by atoms with van der Waals surface area (Å²) in [7, 11) is 0. The number of pyridine rings is 1. The molecule has 0 N–H and O–H groups in total. The number of ether oxygens (including phenoxy) is 2. The molecule has 2 aromatic heterocycles. The monoisotopic (exact) mass is 694 g/mol. The Morgan fingerprint density at radius 3 is 2.29 bits per heavy atom. The molecule has 0 amide bonds. The fourth-order valence-electron chi connectivity index (χ4n) is 6.63. The molecule has 2 fully saturated rings. The van der Waals surface area contributed by atoms with Gasteiger partial charge in [0.1, 0.15) is 0 Å². The second-order valence-corrected chi connectivity index (χ2v) is 24.8. The number of unbranched alkanes of at least 4 members (excludes halogenated alkanes) is 3. The number of halogens is 5. The summed E-state index contributed by atoms with van der Waals surface area (Å²) in [4.78, 5) is 15.2. The number of aromatic nitrogens is 3. The molecule has 2 aliphatic heterocycles. The van der Waals surface area contributed by atoms with E-state index >= 15 is 4.39 Å². The van der Waals surface area contributed by atoms with Gasteiger partial charge in [0.2, 0.25) is 0 Å². The van der Waals surface area contributed by atoms with Gasteiger partial charge in [-0.15, -0.1) is 0 Å². The average Bonchev–Trinajstić information content (AvgIpc) is 3.46. The number of nitrogens with zero attached hydrogens (tertiary/aromatic N) is 4. The van der Waals surface area contributed by atoms with Crippen molar-refractivity contribution in [1.82, 2.24) is 19.9 Å². The van der Waals surface area contributed by atoms with Crippen molar-refractivity contribution in [3.05, 3.63) is 12.0 Å². The normalized spacial score (nSPS) is 21.5. The minimum absolute atomic E-state index is 0.00476. The van der Waals surface area contributed by atoms with Crippen LogP contribution < -0.4 is 13.2 Å². The second kappa shape index (κ2) is 13.9. The molecule has 4 rings (SSSR count). The maximum absolute atomic E-state index is 16.6. The summed E-state index contributed by atoms with van der Waals surface area (Å²) in [5.41, 5.74) is -0.628. The predicted molar refractivity (Wildman–Crippen MR) is 152 cm³/mol. The number of hydrogen-bond donors (Lipinski definition) is 0. The molecule has 230 valence electrons. The van der Waals surface area contributed by atoms with E-state index in [4.69, 9.17) is 9.47 Å². The van der Waals surface area contributed by atoms with E-state index in [0.717, 1.165) is 71.2 Å². The molecule has 4 heterocycles. The van der Waals surface area contributed by atoms with Gasteiger partial charge in [0.25, 0.3) is 0 Å². The van der Waals surface area contributed by atoms with Gasteiger partial charge >= 0.3 is 244 Å². The van der Waals surface area contributed by atoms with Crippen LogP contribution in [0, 0.1) is 5.82 Å². The van der Waals surface area contributed by atoms with Gasteiger partial charge in [0, 0.05) is 0 Å². The van der Waals surface area contributed by atoms with E-state index in [-0.39, 0.29) is 23.5 Å². The first-order valence-electron chi connectivity index (χ1n) is 15.1. The second-order valence-electron chi connectivity index (χ2n) is 11.9. The number of alkyl halides is 4. The van der Waals surface area contributed by atoms with Gasteiger partial charge in [0.05, 0.1) is 0 Å². The van der Waals surface area contributed by atoms with Crippen molar-refractivity contribution in [2.45, 2.75) is 110 Å². The Balaban J connectivity index is 1.77.